The number of benzene rings is 1. The molecule has 1 fully saturated rings. The Kier molecular flexibility index (Phi) is 6.03. The van der Waals surface area contributed by atoms with Crippen LogP contribution in [-0.2, 0) is 10.0 Å². The summed E-state index contributed by atoms with van der Waals surface area (Å²) < 4.78 is 25.8. The maximum atomic E-state index is 12.1. The van der Waals surface area contributed by atoms with Gasteiger partial charge in [0.05, 0.1) is 11.9 Å². The smallest absolute Gasteiger partial charge is 0.214 e. The summed E-state index contributed by atoms with van der Waals surface area (Å²) in [6.45, 7) is 4.49. The van der Waals surface area contributed by atoms with E-state index >= 15 is 0 Å². The minimum absolute atomic E-state index is 0.0760. The first-order valence-corrected chi connectivity index (χ1v) is 9.45. The van der Waals surface area contributed by atoms with Gasteiger partial charge in [-0.25, -0.2) is 12.7 Å². The third-order valence-electron chi connectivity index (χ3n) is 4.13. The van der Waals surface area contributed by atoms with Crippen molar-refractivity contribution in [2.45, 2.75) is 25.4 Å². The number of aliphatic hydroxyl groups excluding tert-OH is 1. The fraction of sp³-hybridized carbons (Fsp3) is 0.500. The highest BCUT2D eigenvalue weighted by Gasteiger charge is 2.31. The van der Waals surface area contributed by atoms with Crippen LogP contribution >= 0.6 is 11.6 Å². The molecule has 1 aromatic rings. The number of sulfonamides is 1. The Morgan fingerprint density at radius 3 is 2.45 bits per heavy atom. The Hall–Kier alpha value is -0.880. The lowest BCUT2D eigenvalue weighted by atomic mass is 9.88. The van der Waals surface area contributed by atoms with Crippen molar-refractivity contribution in [1.82, 2.24) is 4.31 Å². The summed E-state index contributed by atoms with van der Waals surface area (Å²) in [5.74, 6) is 0.188. The van der Waals surface area contributed by atoms with E-state index in [0.717, 1.165) is 5.56 Å². The van der Waals surface area contributed by atoms with Crippen LogP contribution in [0.1, 0.15) is 30.9 Å². The number of hydrogen-bond donors (Lipinski definition) is 1. The molecule has 0 unspecified atom stereocenters. The summed E-state index contributed by atoms with van der Waals surface area (Å²) in [5, 5.41) is 11.1. The molecule has 2 rings (SSSR count). The predicted molar refractivity (Wildman–Crippen MR) is 89.3 cm³/mol. The fourth-order valence-corrected chi connectivity index (χ4v) is 4.38. The van der Waals surface area contributed by atoms with Gasteiger partial charge in [0, 0.05) is 18.1 Å². The van der Waals surface area contributed by atoms with Crippen LogP contribution < -0.4 is 0 Å². The Labute approximate surface area is 137 Å². The van der Waals surface area contributed by atoms with Gasteiger partial charge in [0.15, 0.2) is 0 Å². The van der Waals surface area contributed by atoms with Gasteiger partial charge in [-0.3, -0.25) is 0 Å². The average Bonchev–Trinajstić information content (AvgIpc) is 2.53. The summed E-state index contributed by atoms with van der Waals surface area (Å²) in [6.07, 6.45) is 2.84. The van der Waals surface area contributed by atoms with E-state index in [2.05, 4.69) is 6.58 Å². The number of aliphatic hydroxyl groups is 1. The van der Waals surface area contributed by atoms with Gasteiger partial charge < -0.3 is 5.11 Å². The van der Waals surface area contributed by atoms with E-state index in [-0.39, 0.29) is 11.7 Å². The number of allylic oxidation sites excluding steroid dienone is 1. The van der Waals surface area contributed by atoms with E-state index in [4.69, 9.17) is 11.6 Å². The Morgan fingerprint density at radius 2 is 1.91 bits per heavy atom. The molecule has 1 atom stereocenters. The monoisotopic (exact) mass is 343 g/mol. The van der Waals surface area contributed by atoms with E-state index in [1.165, 1.54) is 4.31 Å². The van der Waals surface area contributed by atoms with Crippen LogP contribution in [0.3, 0.4) is 0 Å². The first kappa shape index (κ1) is 17.5. The highest BCUT2D eigenvalue weighted by atomic mass is 35.5. The zero-order chi connectivity index (χ0) is 16.2. The molecule has 1 aliphatic rings. The fourth-order valence-electron chi connectivity index (χ4n) is 2.76. The van der Waals surface area contributed by atoms with E-state index in [0.29, 0.717) is 37.4 Å². The number of piperidine rings is 1. The standard InChI is InChI=1S/C16H22ClNO3S/c1-2-3-12-22(20,21)18-10-8-14(9-11-18)16(19)13-4-6-15(17)7-5-13/h2,4-7,14,16,19H,1,3,8-12H2/t16-/m1/s1. The number of nitrogens with zero attached hydrogens (tertiary/aromatic N) is 1. The van der Waals surface area contributed by atoms with Gasteiger partial charge in [0.25, 0.3) is 0 Å². The minimum atomic E-state index is -3.20. The molecule has 0 saturated carbocycles. The third kappa shape index (κ3) is 4.32. The Bertz CT molecular complexity index is 592. The quantitative estimate of drug-likeness (QED) is 0.808. The molecule has 6 heteroatoms. The lowest BCUT2D eigenvalue weighted by Crippen LogP contribution is -2.40. The van der Waals surface area contributed by atoms with Crippen LogP contribution in [0, 0.1) is 5.92 Å². The van der Waals surface area contributed by atoms with Crippen molar-refractivity contribution < 1.29 is 13.5 Å². The SMILES string of the molecule is C=CCCS(=O)(=O)N1CCC([C@H](O)c2ccc(Cl)cc2)CC1. The van der Waals surface area contributed by atoms with Gasteiger partial charge in [-0.05, 0) is 42.9 Å². The molecule has 1 N–H and O–H groups in total. The highest BCUT2D eigenvalue weighted by molar-refractivity contribution is 7.89. The molecule has 0 aromatic heterocycles. The molecule has 0 aliphatic carbocycles. The van der Waals surface area contributed by atoms with Gasteiger partial charge in [-0.15, -0.1) is 6.58 Å². The van der Waals surface area contributed by atoms with Gasteiger partial charge in [0.1, 0.15) is 0 Å². The molecule has 0 radical (unpaired) electrons. The van der Waals surface area contributed by atoms with Gasteiger partial charge in [0.2, 0.25) is 10.0 Å². The molecule has 4 nitrogen and oxygen atoms in total. The third-order valence-corrected chi connectivity index (χ3v) is 6.29. The topological polar surface area (TPSA) is 57.6 Å². The summed E-state index contributed by atoms with van der Waals surface area (Å²) in [7, 11) is -3.20. The van der Waals surface area contributed by atoms with Gasteiger partial charge in [-0.1, -0.05) is 29.8 Å². The molecule has 0 spiro atoms. The lowest BCUT2D eigenvalue weighted by molar-refractivity contribution is 0.0760. The molecule has 1 saturated heterocycles. The Balaban J connectivity index is 1.94. The maximum absolute atomic E-state index is 12.1. The molecular formula is C16H22ClNO3S. The largest absolute Gasteiger partial charge is 0.388 e. The van der Waals surface area contributed by atoms with Crippen molar-refractivity contribution in [2.75, 3.05) is 18.8 Å². The summed E-state index contributed by atoms with van der Waals surface area (Å²) in [5.41, 5.74) is 0.831. The van der Waals surface area contributed by atoms with Crippen molar-refractivity contribution >= 4 is 21.6 Å². The minimum Gasteiger partial charge on any atom is -0.388 e. The molecule has 122 valence electrons. The zero-order valence-corrected chi connectivity index (χ0v) is 14.1. The first-order valence-electron chi connectivity index (χ1n) is 7.46. The van der Waals surface area contributed by atoms with Crippen molar-refractivity contribution in [1.29, 1.82) is 0 Å². The zero-order valence-electron chi connectivity index (χ0n) is 12.5. The van der Waals surface area contributed by atoms with E-state index < -0.39 is 16.1 Å². The average molecular weight is 344 g/mol. The summed E-state index contributed by atoms with van der Waals surface area (Å²) >= 11 is 5.85. The van der Waals surface area contributed by atoms with Crippen LogP contribution in [0.2, 0.25) is 5.02 Å². The van der Waals surface area contributed by atoms with Crippen molar-refractivity contribution in [3.63, 3.8) is 0 Å². The number of rotatable bonds is 6. The molecule has 1 aliphatic heterocycles. The van der Waals surface area contributed by atoms with E-state index in [9.17, 15) is 13.5 Å². The second-order valence-corrected chi connectivity index (χ2v) is 8.15. The predicted octanol–water partition coefficient (Wildman–Crippen LogP) is 2.99. The lowest BCUT2D eigenvalue weighted by Gasteiger charge is -2.33. The van der Waals surface area contributed by atoms with Crippen molar-refractivity contribution in [3.05, 3.63) is 47.5 Å². The van der Waals surface area contributed by atoms with Crippen LogP contribution in [-0.4, -0.2) is 36.7 Å². The van der Waals surface area contributed by atoms with E-state index in [1.54, 1.807) is 18.2 Å². The van der Waals surface area contributed by atoms with Crippen LogP contribution in [0.4, 0.5) is 0 Å². The molecular weight excluding hydrogens is 322 g/mol. The molecule has 22 heavy (non-hydrogen) atoms. The van der Waals surface area contributed by atoms with Gasteiger partial charge >= 0.3 is 0 Å². The van der Waals surface area contributed by atoms with Crippen molar-refractivity contribution in [3.8, 4) is 0 Å². The van der Waals surface area contributed by atoms with Crippen LogP contribution in [0.25, 0.3) is 0 Å². The van der Waals surface area contributed by atoms with Crippen LogP contribution in [0.5, 0.6) is 0 Å². The molecule has 0 bridgehead atoms. The van der Waals surface area contributed by atoms with Crippen LogP contribution in [0.15, 0.2) is 36.9 Å². The first-order chi connectivity index (χ1) is 10.4. The Morgan fingerprint density at radius 1 is 1.32 bits per heavy atom. The van der Waals surface area contributed by atoms with Gasteiger partial charge in [-0.2, -0.15) is 0 Å². The normalized spacial score (nSPS) is 19.0. The molecule has 0 amide bonds. The molecule has 1 heterocycles. The van der Waals surface area contributed by atoms with Crippen molar-refractivity contribution in [2.24, 2.45) is 5.92 Å². The summed E-state index contributed by atoms with van der Waals surface area (Å²) in [4.78, 5) is 0. The number of hydrogen-bond acceptors (Lipinski definition) is 3. The highest BCUT2D eigenvalue weighted by Crippen LogP contribution is 2.32. The molecule has 1 aromatic carbocycles. The maximum Gasteiger partial charge on any atom is 0.214 e. The summed E-state index contributed by atoms with van der Waals surface area (Å²) in [6, 6.07) is 7.16. The second-order valence-electron chi connectivity index (χ2n) is 5.63. The van der Waals surface area contributed by atoms with E-state index in [1.807, 2.05) is 12.1 Å². The second kappa shape index (κ2) is 7.59. The number of halogens is 1.